The molecule has 5 nitrogen and oxygen atoms in total. The predicted octanol–water partition coefficient (Wildman–Crippen LogP) is 3.96. The first-order valence-corrected chi connectivity index (χ1v) is 10.3. The van der Waals surface area contributed by atoms with Gasteiger partial charge in [-0.2, -0.15) is 0 Å². The lowest BCUT2D eigenvalue weighted by Crippen LogP contribution is -2.34. The summed E-state index contributed by atoms with van der Waals surface area (Å²) in [5, 5.41) is 10.9. The zero-order valence-electron chi connectivity index (χ0n) is 14.6. The summed E-state index contributed by atoms with van der Waals surface area (Å²) in [7, 11) is 0. The molecule has 1 heterocycles. The fraction of sp³-hybridized carbons (Fsp3) is 0.526. The molecule has 2 fully saturated rings. The van der Waals surface area contributed by atoms with Gasteiger partial charge >= 0.3 is 0 Å². The van der Waals surface area contributed by atoms with Crippen molar-refractivity contribution in [2.45, 2.75) is 55.6 Å². The summed E-state index contributed by atoms with van der Waals surface area (Å²) in [4.78, 5) is 16.9. The summed E-state index contributed by atoms with van der Waals surface area (Å²) in [6.45, 7) is 0. The van der Waals surface area contributed by atoms with Gasteiger partial charge in [0, 0.05) is 5.92 Å². The molecule has 26 heavy (non-hydrogen) atoms. The number of aromatic nitrogens is 3. The molecule has 1 atom stereocenters. The number of nitrogens with zero attached hydrogens (tertiary/aromatic N) is 2. The summed E-state index contributed by atoms with van der Waals surface area (Å²) in [5.74, 6) is 1.87. The van der Waals surface area contributed by atoms with Crippen molar-refractivity contribution in [1.82, 2.24) is 20.5 Å². The molecule has 0 aliphatic heterocycles. The molecule has 138 valence electrons. The Balaban J connectivity index is 1.37. The predicted molar refractivity (Wildman–Crippen MR) is 98.3 cm³/mol. The standard InChI is InChI=1S/C19H23FN4OS/c20-15-9-7-13(8-10-15)17(12-3-1-2-4-12)21-16(25)11-26-19-22-18(23-24-19)14-5-6-14/h7-10,12,14,17H,1-6,11H2,(H,21,25)(H,22,23,24). The van der Waals surface area contributed by atoms with Crippen molar-refractivity contribution in [1.29, 1.82) is 0 Å². The number of thioether (sulfide) groups is 1. The SMILES string of the molecule is O=C(CSc1n[nH]c(C2CC2)n1)NC(c1ccc(F)cc1)C1CCCC1. The van der Waals surface area contributed by atoms with E-state index in [1.807, 2.05) is 0 Å². The van der Waals surface area contributed by atoms with Gasteiger partial charge in [0.25, 0.3) is 0 Å². The molecule has 1 amide bonds. The van der Waals surface area contributed by atoms with Gasteiger partial charge < -0.3 is 5.32 Å². The quantitative estimate of drug-likeness (QED) is 0.720. The molecule has 1 aromatic heterocycles. The van der Waals surface area contributed by atoms with Gasteiger partial charge in [0.1, 0.15) is 11.6 Å². The molecule has 2 aliphatic carbocycles. The van der Waals surface area contributed by atoms with Crippen LogP contribution in [0, 0.1) is 11.7 Å². The number of carbonyl (C=O) groups is 1. The number of aromatic amines is 1. The van der Waals surface area contributed by atoms with E-state index in [0.717, 1.165) is 24.2 Å². The lowest BCUT2D eigenvalue weighted by atomic mass is 9.91. The van der Waals surface area contributed by atoms with E-state index in [1.54, 1.807) is 12.1 Å². The Bertz CT molecular complexity index is 753. The number of hydrogen-bond donors (Lipinski definition) is 2. The van der Waals surface area contributed by atoms with Crippen molar-refractivity contribution in [3.63, 3.8) is 0 Å². The lowest BCUT2D eigenvalue weighted by Gasteiger charge is -2.25. The molecule has 4 rings (SSSR count). The van der Waals surface area contributed by atoms with Crippen LogP contribution in [0.4, 0.5) is 4.39 Å². The molecular weight excluding hydrogens is 351 g/mol. The Labute approximate surface area is 156 Å². The van der Waals surface area contributed by atoms with Crippen LogP contribution in [-0.2, 0) is 4.79 Å². The largest absolute Gasteiger partial charge is 0.348 e. The molecule has 0 bridgehead atoms. The number of amides is 1. The van der Waals surface area contributed by atoms with Crippen LogP contribution >= 0.6 is 11.8 Å². The molecule has 1 unspecified atom stereocenters. The average Bonchev–Trinajstić information content (AvgIpc) is 3.16. The summed E-state index contributed by atoms with van der Waals surface area (Å²) < 4.78 is 13.3. The van der Waals surface area contributed by atoms with E-state index in [-0.39, 0.29) is 23.5 Å². The van der Waals surface area contributed by atoms with Crippen LogP contribution in [0.25, 0.3) is 0 Å². The molecular formula is C19H23FN4OS. The smallest absolute Gasteiger partial charge is 0.230 e. The second-order valence-electron chi connectivity index (χ2n) is 7.21. The molecule has 2 N–H and O–H groups in total. The van der Waals surface area contributed by atoms with Crippen molar-refractivity contribution >= 4 is 17.7 Å². The summed E-state index contributed by atoms with van der Waals surface area (Å²) in [5.41, 5.74) is 0.977. The highest BCUT2D eigenvalue weighted by molar-refractivity contribution is 7.99. The average molecular weight is 374 g/mol. The molecule has 2 aliphatic rings. The normalized spacial score (nSPS) is 18.8. The topological polar surface area (TPSA) is 70.7 Å². The van der Waals surface area contributed by atoms with Crippen LogP contribution in [0.3, 0.4) is 0 Å². The van der Waals surface area contributed by atoms with Crippen LogP contribution in [0.5, 0.6) is 0 Å². The van der Waals surface area contributed by atoms with Gasteiger partial charge in [-0.25, -0.2) is 9.37 Å². The van der Waals surface area contributed by atoms with Crippen molar-refractivity contribution in [2.75, 3.05) is 5.75 Å². The first-order chi connectivity index (χ1) is 12.7. The minimum atomic E-state index is -0.253. The van der Waals surface area contributed by atoms with Gasteiger partial charge in [-0.3, -0.25) is 9.89 Å². The maximum absolute atomic E-state index is 13.3. The van der Waals surface area contributed by atoms with E-state index in [0.29, 0.717) is 17.0 Å². The van der Waals surface area contributed by atoms with E-state index < -0.39 is 0 Å². The minimum Gasteiger partial charge on any atom is -0.348 e. The van der Waals surface area contributed by atoms with E-state index in [2.05, 4.69) is 20.5 Å². The third-order valence-corrected chi connectivity index (χ3v) is 6.04. The highest BCUT2D eigenvalue weighted by Crippen LogP contribution is 2.38. The van der Waals surface area contributed by atoms with E-state index in [1.165, 1.54) is 49.6 Å². The highest BCUT2D eigenvalue weighted by atomic mass is 32.2. The second kappa shape index (κ2) is 7.78. The van der Waals surface area contributed by atoms with Crippen LogP contribution in [-0.4, -0.2) is 26.8 Å². The number of hydrogen-bond acceptors (Lipinski definition) is 4. The molecule has 0 saturated heterocycles. The van der Waals surface area contributed by atoms with Crippen LogP contribution < -0.4 is 5.32 Å². The Morgan fingerprint density at radius 3 is 2.65 bits per heavy atom. The van der Waals surface area contributed by atoms with Crippen LogP contribution in [0.15, 0.2) is 29.4 Å². The Hall–Kier alpha value is -1.89. The molecule has 1 aromatic carbocycles. The number of halogens is 1. The molecule has 0 spiro atoms. The van der Waals surface area contributed by atoms with Gasteiger partial charge in [0.2, 0.25) is 11.1 Å². The Morgan fingerprint density at radius 1 is 1.23 bits per heavy atom. The molecule has 2 saturated carbocycles. The summed E-state index contributed by atoms with van der Waals surface area (Å²) >= 11 is 1.35. The number of nitrogens with one attached hydrogen (secondary N) is 2. The zero-order valence-corrected chi connectivity index (χ0v) is 15.4. The first-order valence-electron chi connectivity index (χ1n) is 9.29. The number of carbonyl (C=O) groups excluding carboxylic acids is 1. The summed E-state index contributed by atoms with van der Waals surface area (Å²) in [6.07, 6.45) is 6.91. The maximum atomic E-state index is 13.3. The minimum absolute atomic E-state index is 0.0333. The van der Waals surface area contributed by atoms with E-state index >= 15 is 0 Å². The molecule has 2 aromatic rings. The number of rotatable bonds is 7. The van der Waals surface area contributed by atoms with Crippen LogP contribution in [0.2, 0.25) is 0 Å². The molecule has 0 radical (unpaired) electrons. The van der Waals surface area contributed by atoms with Crippen molar-refractivity contribution in [3.05, 3.63) is 41.5 Å². The number of H-pyrrole nitrogens is 1. The second-order valence-corrected chi connectivity index (χ2v) is 8.15. The third kappa shape index (κ3) is 4.26. The van der Waals surface area contributed by atoms with Crippen molar-refractivity contribution < 1.29 is 9.18 Å². The Kier molecular flexibility index (Phi) is 5.24. The molecule has 7 heteroatoms. The van der Waals surface area contributed by atoms with Gasteiger partial charge in [0.05, 0.1) is 11.8 Å². The van der Waals surface area contributed by atoms with Gasteiger partial charge in [0.15, 0.2) is 0 Å². The van der Waals surface area contributed by atoms with Crippen molar-refractivity contribution in [2.24, 2.45) is 5.92 Å². The monoisotopic (exact) mass is 374 g/mol. The van der Waals surface area contributed by atoms with Gasteiger partial charge in [-0.05, 0) is 49.3 Å². The first kappa shape index (κ1) is 17.5. The summed E-state index contributed by atoms with van der Waals surface area (Å²) in [6, 6.07) is 6.43. The van der Waals surface area contributed by atoms with E-state index in [4.69, 9.17) is 0 Å². The fourth-order valence-electron chi connectivity index (χ4n) is 3.64. The van der Waals surface area contributed by atoms with Crippen molar-refractivity contribution in [3.8, 4) is 0 Å². The number of benzene rings is 1. The van der Waals surface area contributed by atoms with E-state index in [9.17, 15) is 9.18 Å². The van der Waals surface area contributed by atoms with Crippen LogP contribution in [0.1, 0.15) is 61.9 Å². The fourth-order valence-corrected chi connectivity index (χ4v) is 4.26. The zero-order chi connectivity index (χ0) is 17.9. The lowest BCUT2D eigenvalue weighted by molar-refractivity contribution is -0.119. The highest BCUT2D eigenvalue weighted by Gasteiger charge is 2.29. The third-order valence-electron chi connectivity index (χ3n) is 5.20. The Morgan fingerprint density at radius 2 is 1.96 bits per heavy atom. The maximum Gasteiger partial charge on any atom is 0.230 e. The van der Waals surface area contributed by atoms with Gasteiger partial charge in [-0.1, -0.05) is 36.7 Å². The van der Waals surface area contributed by atoms with Gasteiger partial charge in [-0.15, -0.1) is 5.10 Å².